The number of ether oxygens (including phenoxy) is 3. The lowest BCUT2D eigenvalue weighted by Gasteiger charge is -2.37. The Morgan fingerprint density at radius 3 is 2.55 bits per heavy atom. The van der Waals surface area contributed by atoms with Crippen molar-refractivity contribution in [2.45, 2.75) is 89.7 Å². The van der Waals surface area contributed by atoms with Gasteiger partial charge in [-0.05, 0) is 32.0 Å². The Labute approximate surface area is 183 Å². The third-order valence-electron chi connectivity index (χ3n) is 6.52. The quantitative estimate of drug-likeness (QED) is 0.658. The van der Waals surface area contributed by atoms with Crippen LogP contribution in [0, 0.1) is 0 Å². The molecule has 11 heteroatoms. The molecule has 0 bridgehead atoms. The van der Waals surface area contributed by atoms with Gasteiger partial charge in [0, 0.05) is 0 Å². The van der Waals surface area contributed by atoms with Gasteiger partial charge in [-0.15, -0.1) is 0 Å². The van der Waals surface area contributed by atoms with Gasteiger partial charge < -0.3 is 29.5 Å². The molecule has 0 amide bonds. The van der Waals surface area contributed by atoms with Crippen LogP contribution in [0.3, 0.4) is 0 Å². The first-order valence-corrected chi connectivity index (χ1v) is 13.5. The standard InChI is InChI=1S/C20H33N5O5Si/c1-19(2,3)31(6,7)27-9-12-14-15(30-20(4,5)29-14)18(28-12)25-17-13(11(8-26)24-25)16(21)22-10-23-17/h10,12,14-15,18,26H,8-9H2,1-7H3,(H2,21,22,23)/t12-,14-,15-,18-/m1/s1. The molecule has 0 aliphatic carbocycles. The van der Waals surface area contributed by atoms with Crippen molar-refractivity contribution in [3.05, 3.63) is 12.0 Å². The number of nitrogens with two attached hydrogens (primary N) is 1. The maximum Gasteiger partial charge on any atom is 0.192 e. The fourth-order valence-corrected chi connectivity index (χ4v) is 4.87. The number of aliphatic hydroxyl groups excluding tert-OH is 1. The number of nitrogens with zero attached hydrogens (tertiary/aromatic N) is 4. The molecule has 2 aliphatic heterocycles. The van der Waals surface area contributed by atoms with E-state index in [-0.39, 0.29) is 29.7 Å². The second kappa shape index (κ2) is 7.46. The van der Waals surface area contributed by atoms with Crippen LogP contribution in [0.4, 0.5) is 5.82 Å². The van der Waals surface area contributed by atoms with Crippen LogP contribution in [-0.4, -0.2) is 63.9 Å². The normalized spacial score (nSPS) is 28.4. The van der Waals surface area contributed by atoms with Crippen molar-refractivity contribution in [2.24, 2.45) is 0 Å². The summed E-state index contributed by atoms with van der Waals surface area (Å²) in [4.78, 5) is 8.38. The number of hydrogen-bond donors (Lipinski definition) is 2. The van der Waals surface area contributed by atoms with Gasteiger partial charge in [-0.25, -0.2) is 14.6 Å². The maximum atomic E-state index is 9.79. The van der Waals surface area contributed by atoms with Gasteiger partial charge in [0.15, 0.2) is 26.0 Å². The lowest BCUT2D eigenvalue weighted by Crippen LogP contribution is -2.44. The van der Waals surface area contributed by atoms with Crippen molar-refractivity contribution < 1.29 is 23.7 Å². The molecule has 31 heavy (non-hydrogen) atoms. The van der Waals surface area contributed by atoms with E-state index in [0.29, 0.717) is 23.3 Å². The molecule has 0 aromatic carbocycles. The molecular formula is C20H33N5O5Si. The minimum absolute atomic E-state index is 0.0827. The molecule has 4 atom stereocenters. The highest BCUT2D eigenvalue weighted by Gasteiger charge is 2.57. The van der Waals surface area contributed by atoms with Crippen LogP contribution in [0.5, 0.6) is 0 Å². The first-order chi connectivity index (χ1) is 14.3. The molecule has 2 aromatic heterocycles. The number of rotatable bonds is 5. The average Bonchev–Trinajstić information content (AvgIpc) is 3.28. The number of nitrogen functional groups attached to an aromatic ring is 1. The lowest BCUT2D eigenvalue weighted by atomic mass is 10.1. The van der Waals surface area contributed by atoms with Gasteiger partial charge in [0.25, 0.3) is 0 Å². The molecule has 2 aliphatic rings. The smallest absolute Gasteiger partial charge is 0.192 e. The summed E-state index contributed by atoms with van der Waals surface area (Å²) in [6, 6.07) is 0. The van der Waals surface area contributed by atoms with Gasteiger partial charge in [-0.3, -0.25) is 0 Å². The SMILES string of the molecule is CC1(C)O[C@@H]2[C@H](O1)[C@@H](CO[Si](C)(C)C(C)(C)C)O[C@H]2n1nc(CO)c2c(N)ncnc21. The van der Waals surface area contributed by atoms with Crippen LogP contribution in [0.1, 0.15) is 46.5 Å². The van der Waals surface area contributed by atoms with Crippen molar-refractivity contribution in [3.8, 4) is 0 Å². The summed E-state index contributed by atoms with van der Waals surface area (Å²) in [6.45, 7) is 14.9. The summed E-state index contributed by atoms with van der Waals surface area (Å²) in [5, 5.41) is 14.9. The molecule has 4 rings (SSSR count). The Morgan fingerprint density at radius 1 is 1.23 bits per heavy atom. The maximum absolute atomic E-state index is 9.79. The fraction of sp³-hybridized carbons (Fsp3) is 0.750. The van der Waals surface area contributed by atoms with E-state index in [0.717, 1.165) is 0 Å². The number of fused-ring (bicyclic) bond motifs is 2. The van der Waals surface area contributed by atoms with Crippen LogP contribution in [-0.2, 0) is 25.2 Å². The van der Waals surface area contributed by atoms with Crippen LogP contribution in [0.25, 0.3) is 11.0 Å². The molecule has 2 fully saturated rings. The third-order valence-corrected chi connectivity index (χ3v) is 11.0. The second-order valence-electron chi connectivity index (χ2n) is 10.2. The first-order valence-electron chi connectivity index (χ1n) is 10.6. The molecule has 2 aromatic rings. The fourth-order valence-electron chi connectivity index (χ4n) is 3.85. The Hall–Kier alpha value is -1.63. The molecule has 172 valence electrons. The van der Waals surface area contributed by atoms with Gasteiger partial charge in [-0.2, -0.15) is 5.10 Å². The molecule has 0 radical (unpaired) electrons. The number of hydrogen-bond acceptors (Lipinski definition) is 9. The van der Waals surface area contributed by atoms with Gasteiger partial charge in [0.05, 0.1) is 18.6 Å². The summed E-state index contributed by atoms with van der Waals surface area (Å²) < 4.78 is 26.8. The van der Waals surface area contributed by atoms with E-state index in [1.165, 1.54) is 6.33 Å². The topological polar surface area (TPSA) is 127 Å². The highest BCUT2D eigenvalue weighted by Crippen LogP contribution is 2.45. The zero-order chi connectivity index (χ0) is 22.8. The van der Waals surface area contributed by atoms with E-state index in [4.69, 9.17) is 24.4 Å². The van der Waals surface area contributed by atoms with Crippen molar-refractivity contribution in [3.63, 3.8) is 0 Å². The molecule has 0 spiro atoms. The lowest BCUT2D eigenvalue weighted by molar-refractivity contribution is -0.200. The summed E-state index contributed by atoms with van der Waals surface area (Å²) >= 11 is 0. The van der Waals surface area contributed by atoms with Gasteiger partial charge >= 0.3 is 0 Å². The highest BCUT2D eigenvalue weighted by molar-refractivity contribution is 6.74. The van der Waals surface area contributed by atoms with Gasteiger partial charge in [-0.1, -0.05) is 20.8 Å². The average molecular weight is 452 g/mol. The molecule has 0 saturated carbocycles. The van der Waals surface area contributed by atoms with Crippen LogP contribution in [0.2, 0.25) is 18.1 Å². The third kappa shape index (κ3) is 3.87. The van der Waals surface area contributed by atoms with E-state index in [1.807, 2.05) is 13.8 Å². The zero-order valence-corrected chi connectivity index (χ0v) is 20.2. The number of aliphatic hydroxyl groups is 1. The first kappa shape index (κ1) is 22.6. The van der Waals surface area contributed by atoms with Crippen LogP contribution >= 0.6 is 0 Å². The van der Waals surface area contributed by atoms with Crippen molar-refractivity contribution in [1.82, 2.24) is 19.7 Å². The minimum atomic E-state index is -1.98. The highest BCUT2D eigenvalue weighted by atomic mass is 28.4. The Morgan fingerprint density at radius 2 is 1.90 bits per heavy atom. The Bertz CT molecular complexity index is 973. The van der Waals surface area contributed by atoms with E-state index in [2.05, 4.69) is 48.9 Å². The molecular weight excluding hydrogens is 418 g/mol. The zero-order valence-electron chi connectivity index (χ0n) is 19.2. The molecule has 10 nitrogen and oxygen atoms in total. The predicted molar refractivity (Wildman–Crippen MR) is 117 cm³/mol. The van der Waals surface area contributed by atoms with Crippen molar-refractivity contribution in [1.29, 1.82) is 0 Å². The Kier molecular flexibility index (Phi) is 5.43. The largest absolute Gasteiger partial charge is 0.414 e. The molecule has 4 heterocycles. The van der Waals surface area contributed by atoms with Crippen LogP contribution < -0.4 is 5.73 Å². The number of anilines is 1. The molecule has 2 saturated heterocycles. The molecule has 0 unspecified atom stereocenters. The second-order valence-corrected chi connectivity index (χ2v) is 15.0. The van der Waals surface area contributed by atoms with Gasteiger partial charge in [0.2, 0.25) is 0 Å². The summed E-state index contributed by atoms with van der Waals surface area (Å²) in [7, 11) is -1.98. The van der Waals surface area contributed by atoms with Gasteiger partial charge in [0.1, 0.15) is 36.2 Å². The Balaban J connectivity index is 1.67. The van der Waals surface area contributed by atoms with Crippen molar-refractivity contribution in [2.75, 3.05) is 12.3 Å². The van der Waals surface area contributed by atoms with E-state index in [1.54, 1.807) is 4.68 Å². The monoisotopic (exact) mass is 451 g/mol. The summed E-state index contributed by atoms with van der Waals surface area (Å²) in [5.41, 5.74) is 6.91. The predicted octanol–water partition coefficient (Wildman–Crippen LogP) is 2.34. The minimum Gasteiger partial charge on any atom is -0.414 e. The van der Waals surface area contributed by atoms with E-state index < -0.39 is 26.4 Å². The molecule has 3 N–H and O–H groups in total. The number of aromatic nitrogens is 4. The van der Waals surface area contributed by atoms with Crippen LogP contribution in [0.15, 0.2) is 6.33 Å². The summed E-state index contributed by atoms with van der Waals surface area (Å²) in [6.07, 6.45) is -0.286. The van der Waals surface area contributed by atoms with Crippen molar-refractivity contribution >= 4 is 25.2 Å². The van der Waals surface area contributed by atoms with E-state index >= 15 is 0 Å². The summed E-state index contributed by atoms with van der Waals surface area (Å²) in [5.74, 6) is -0.500. The van der Waals surface area contributed by atoms with E-state index in [9.17, 15) is 5.11 Å².